The first-order valence-electron chi connectivity index (χ1n) is 8.21. The van der Waals surface area contributed by atoms with Crippen molar-refractivity contribution in [3.05, 3.63) is 34.9 Å². The number of nitrogens with zero attached hydrogens (tertiary/aromatic N) is 1. The molecule has 0 bridgehead atoms. The number of piperidine rings is 1. The molecular weight excluding hydrogens is 276 g/mol. The topological polar surface area (TPSA) is 49.4 Å². The Morgan fingerprint density at radius 3 is 2.41 bits per heavy atom. The molecule has 1 aromatic rings. The highest BCUT2D eigenvalue weighted by Gasteiger charge is 2.32. The first-order valence-corrected chi connectivity index (χ1v) is 8.21. The van der Waals surface area contributed by atoms with Crippen LogP contribution < -0.4 is 5.32 Å². The number of likely N-dealkylation sites (tertiary alicyclic amines) is 1. The van der Waals surface area contributed by atoms with Crippen molar-refractivity contribution in [2.45, 2.75) is 45.6 Å². The van der Waals surface area contributed by atoms with Crippen molar-refractivity contribution in [3.63, 3.8) is 0 Å². The van der Waals surface area contributed by atoms with Gasteiger partial charge in [-0.2, -0.15) is 0 Å². The van der Waals surface area contributed by atoms with Gasteiger partial charge in [0.05, 0.1) is 5.92 Å². The van der Waals surface area contributed by atoms with Crippen LogP contribution in [0, 0.1) is 19.8 Å². The van der Waals surface area contributed by atoms with Gasteiger partial charge in [0, 0.05) is 24.7 Å². The fourth-order valence-corrected chi connectivity index (χ4v) is 3.20. The molecule has 1 N–H and O–H groups in total. The van der Waals surface area contributed by atoms with Crippen LogP contribution in [0.15, 0.2) is 18.2 Å². The van der Waals surface area contributed by atoms with E-state index >= 15 is 0 Å². The summed E-state index contributed by atoms with van der Waals surface area (Å²) in [6, 6.07) is 6.32. The zero-order valence-electron chi connectivity index (χ0n) is 13.4. The molecule has 2 fully saturated rings. The van der Waals surface area contributed by atoms with E-state index in [0.717, 1.165) is 48.9 Å². The minimum atomic E-state index is -0.0517. The maximum atomic E-state index is 12.7. The van der Waals surface area contributed by atoms with Crippen molar-refractivity contribution in [3.8, 4) is 0 Å². The van der Waals surface area contributed by atoms with Gasteiger partial charge in [-0.05, 0) is 51.7 Å². The molecule has 1 saturated heterocycles. The normalized spacial score (nSPS) is 21.5. The number of benzene rings is 1. The van der Waals surface area contributed by atoms with Gasteiger partial charge in [0.1, 0.15) is 0 Å². The largest absolute Gasteiger partial charge is 0.353 e. The number of hydrogen-bond donors (Lipinski definition) is 1. The van der Waals surface area contributed by atoms with Gasteiger partial charge in [-0.3, -0.25) is 9.59 Å². The lowest BCUT2D eigenvalue weighted by Gasteiger charge is -2.32. The third kappa shape index (κ3) is 3.49. The summed E-state index contributed by atoms with van der Waals surface area (Å²) in [5.41, 5.74) is 2.94. The molecule has 1 aliphatic carbocycles. The summed E-state index contributed by atoms with van der Waals surface area (Å²) >= 11 is 0. The van der Waals surface area contributed by atoms with E-state index in [9.17, 15) is 9.59 Å². The van der Waals surface area contributed by atoms with Gasteiger partial charge >= 0.3 is 0 Å². The molecule has 0 unspecified atom stereocenters. The van der Waals surface area contributed by atoms with Crippen LogP contribution in [0.4, 0.5) is 0 Å². The van der Waals surface area contributed by atoms with Crippen molar-refractivity contribution in [2.75, 3.05) is 13.1 Å². The van der Waals surface area contributed by atoms with Gasteiger partial charge in [-0.1, -0.05) is 17.2 Å². The van der Waals surface area contributed by atoms with Gasteiger partial charge in [0.2, 0.25) is 5.91 Å². The molecule has 2 aliphatic rings. The minimum absolute atomic E-state index is 0.0516. The van der Waals surface area contributed by atoms with Crippen LogP contribution in [0.25, 0.3) is 0 Å². The monoisotopic (exact) mass is 300 g/mol. The molecule has 0 aromatic heterocycles. The Hall–Kier alpha value is -1.84. The molecule has 1 atom stereocenters. The Bertz CT molecular complexity index is 572. The Morgan fingerprint density at radius 2 is 1.77 bits per heavy atom. The second kappa shape index (κ2) is 6.11. The lowest BCUT2D eigenvalue weighted by molar-refractivity contribution is -0.126. The number of carbonyl (C=O) groups is 2. The number of nitrogens with one attached hydrogen (secondary N) is 1. The van der Waals surface area contributed by atoms with Gasteiger partial charge < -0.3 is 10.2 Å². The van der Waals surface area contributed by atoms with Crippen molar-refractivity contribution in [1.82, 2.24) is 10.2 Å². The Balaban J connectivity index is 1.67. The molecule has 1 aromatic carbocycles. The number of aryl methyl sites for hydroxylation is 2. The lowest BCUT2D eigenvalue weighted by Crippen LogP contribution is -2.45. The van der Waals surface area contributed by atoms with E-state index in [4.69, 9.17) is 0 Å². The van der Waals surface area contributed by atoms with E-state index in [1.54, 1.807) is 0 Å². The van der Waals surface area contributed by atoms with Crippen LogP contribution in [0.3, 0.4) is 0 Å². The summed E-state index contributed by atoms with van der Waals surface area (Å²) in [6.45, 7) is 5.31. The van der Waals surface area contributed by atoms with Gasteiger partial charge in [-0.25, -0.2) is 0 Å². The van der Waals surface area contributed by atoms with Crippen LogP contribution in [-0.4, -0.2) is 35.8 Å². The quantitative estimate of drug-likeness (QED) is 0.932. The van der Waals surface area contributed by atoms with Crippen molar-refractivity contribution < 1.29 is 9.59 Å². The first kappa shape index (κ1) is 15.1. The molecule has 1 saturated carbocycles. The summed E-state index contributed by atoms with van der Waals surface area (Å²) in [4.78, 5) is 26.8. The van der Waals surface area contributed by atoms with Crippen LogP contribution in [0.1, 0.15) is 47.2 Å². The summed E-state index contributed by atoms with van der Waals surface area (Å²) in [7, 11) is 0. The zero-order chi connectivity index (χ0) is 15.7. The van der Waals surface area contributed by atoms with E-state index in [2.05, 4.69) is 11.4 Å². The van der Waals surface area contributed by atoms with Gasteiger partial charge in [0.15, 0.2) is 0 Å². The SMILES string of the molecule is Cc1cc(C)cc(C(=O)N2CCC[C@H](C(=O)NC3CC3)C2)c1. The van der Waals surface area contributed by atoms with Gasteiger partial charge in [-0.15, -0.1) is 0 Å². The van der Waals surface area contributed by atoms with Crippen molar-refractivity contribution in [2.24, 2.45) is 5.92 Å². The second-order valence-electron chi connectivity index (χ2n) is 6.75. The standard InChI is InChI=1S/C18H24N2O2/c1-12-8-13(2)10-15(9-12)18(22)20-7-3-4-14(11-20)17(21)19-16-5-6-16/h8-10,14,16H,3-7,11H2,1-2H3,(H,19,21)/t14-/m0/s1. The van der Waals surface area contributed by atoms with Crippen LogP contribution in [0.2, 0.25) is 0 Å². The summed E-state index contributed by atoms with van der Waals surface area (Å²) in [5, 5.41) is 3.06. The van der Waals surface area contributed by atoms with E-state index in [0.29, 0.717) is 12.6 Å². The minimum Gasteiger partial charge on any atom is -0.353 e. The Morgan fingerprint density at radius 1 is 1.09 bits per heavy atom. The first-order chi connectivity index (χ1) is 10.5. The van der Waals surface area contributed by atoms with E-state index in [-0.39, 0.29) is 17.7 Å². The molecule has 2 amide bonds. The Labute approximate surface area is 131 Å². The Kier molecular flexibility index (Phi) is 4.19. The predicted molar refractivity (Wildman–Crippen MR) is 85.7 cm³/mol. The maximum absolute atomic E-state index is 12.7. The highest BCUT2D eigenvalue weighted by atomic mass is 16.2. The number of amides is 2. The summed E-state index contributed by atoms with van der Waals surface area (Å²) in [6.07, 6.45) is 3.99. The molecule has 4 heteroatoms. The molecule has 0 radical (unpaired) electrons. The van der Waals surface area contributed by atoms with E-state index in [1.165, 1.54) is 0 Å². The van der Waals surface area contributed by atoms with Crippen LogP contribution >= 0.6 is 0 Å². The zero-order valence-corrected chi connectivity index (χ0v) is 13.4. The number of hydrogen-bond acceptors (Lipinski definition) is 2. The molecule has 118 valence electrons. The second-order valence-corrected chi connectivity index (χ2v) is 6.75. The molecule has 4 nitrogen and oxygen atoms in total. The molecule has 0 spiro atoms. The molecule has 22 heavy (non-hydrogen) atoms. The van der Waals surface area contributed by atoms with E-state index < -0.39 is 0 Å². The summed E-state index contributed by atoms with van der Waals surface area (Å²) in [5.74, 6) is 0.125. The van der Waals surface area contributed by atoms with Crippen molar-refractivity contribution in [1.29, 1.82) is 0 Å². The molecular formula is C18H24N2O2. The highest BCUT2D eigenvalue weighted by Crippen LogP contribution is 2.23. The third-order valence-electron chi connectivity index (χ3n) is 4.47. The fraction of sp³-hybridized carbons (Fsp3) is 0.556. The summed E-state index contributed by atoms with van der Waals surface area (Å²) < 4.78 is 0. The van der Waals surface area contributed by atoms with E-state index in [1.807, 2.05) is 30.9 Å². The lowest BCUT2D eigenvalue weighted by atomic mass is 9.96. The average molecular weight is 300 g/mol. The highest BCUT2D eigenvalue weighted by molar-refractivity contribution is 5.95. The predicted octanol–water partition coefficient (Wildman–Crippen LogP) is 2.43. The van der Waals surface area contributed by atoms with Crippen LogP contribution in [-0.2, 0) is 4.79 Å². The van der Waals surface area contributed by atoms with Crippen molar-refractivity contribution >= 4 is 11.8 Å². The third-order valence-corrected chi connectivity index (χ3v) is 4.47. The van der Waals surface area contributed by atoms with Gasteiger partial charge in [0.25, 0.3) is 5.91 Å². The number of rotatable bonds is 3. The average Bonchev–Trinajstić information content (AvgIpc) is 3.29. The van der Waals surface area contributed by atoms with Crippen LogP contribution in [0.5, 0.6) is 0 Å². The molecule has 3 rings (SSSR count). The molecule has 1 heterocycles. The smallest absolute Gasteiger partial charge is 0.253 e. The maximum Gasteiger partial charge on any atom is 0.253 e. The fourth-order valence-electron chi connectivity index (χ4n) is 3.20. The molecule has 1 aliphatic heterocycles. The number of carbonyl (C=O) groups excluding carboxylic acids is 2.